The zero-order chi connectivity index (χ0) is 12.4. The number of rotatable bonds is 6. The van der Waals surface area contributed by atoms with E-state index in [4.69, 9.17) is 9.47 Å². The Hall–Kier alpha value is -1.58. The zero-order valence-corrected chi connectivity index (χ0v) is 9.93. The van der Waals surface area contributed by atoms with E-state index in [0.29, 0.717) is 0 Å². The predicted molar refractivity (Wildman–Crippen MR) is 60.8 cm³/mol. The minimum absolute atomic E-state index is 0.198. The highest BCUT2D eigenvalue weighted by molar-refractivity contribution is 5.66. The minimum atomic E-state index is -0.306. The molecule has 0 aliphatic rings. The van der Waals surface area contributed by atoms with E-state index >= 15 is 0 Å². The van der Waals surface area contributed by atoms with Crippen LogP contribution in [0.15, 0.2) is 24.3 Å². The van der Waals surface area contributed by atoms with Gasteiger partial charge >= 0.3 is 11.9 Å². The first-order valence-electron chi connectivity index (χ1n) is 5.20. The first-order valence-corrected chi connectivity index (χ1v) is 5.20. The molecule has 0 fully saturated rings. The van der Waals surface area contributed by atoms with E-state index in [1.165, 1.54) is 13.8 Å². The minimum Gasteiger partial charge on any atom is -0.462 e. The van der Waals surface area contributed by atoms with Crippen molar-refractivity contribution in [1.82, 2.24) is 0 Å². The Labute approximate surface area is 95.9 Å². The summed E-state index contributed by atoms with van der Waals surface area (Å²) in [5, 5.41) is 0. The Morgan fingerprint density at radius 3 is 2.38 bits per heavy atom. The Morgan fingerprint density at radius 2 is 1.88 bits per heavy atom. The molecule has 0 aliphatic heterocycles. The monoisotopic (exact) mass is 226 g/mol. The molecule has 0 aliphatic carbocycles. The van der Waals surface area contributed by atoms with Gasteiger partial charge in [0, 0.05) is 13.8 Å². The second kappa shape index (κ2) is 8.71. The lowest BCUT2D eigenvalue weighted by atomic mass is 10.2. The molecule has 0 saturated heterocycles. The van der Waals surface area contributed by atoms with E-state index in [1.54, 1.807) is 24.3 Å². The maximum Gasteiger partial charge on any atom is 0.303 e. The molecule has 0 aromatic heterocycles. The van der Waals surface area contributed by atoms with Crippen molar-refractivity contribution >= 4 is 11.9 Å². The molecule has 0 aromatic rings. The van der Waals surface area contributed by atoms with Gasteiger partial charge in [-0.05, 0) is 18.6 Å². The number of ether oxygens (including phenoxy) is 2. The molecule has 0 N–H and O–H groups in total. The lowest BCUT2D eigenvalue weighted by molar-refractivity contribution is -0.144. The number of hydrogen-bond donors (Lipinski definition) is 0. The van der Waals surface area contributed by atoms with E-state index < -0.39 is 0 Å². The van der Waals surface area contributed by atoms with Crippen molar-refractivity contribution in [3.05, 3.63) is 24.3 Å². The van der Waals surface area contributed by atoms with Crippen LogP contribution in [0.1, 0.15) is 27.2 Å². The first-order chi connectivity index (χ1) is 7.56. The third kappa shape index (κ3) is 8.99. The summed E-state index contributed by atoms with van der Waals surface area (Å²) in [5.41, 5.74) is 0. The highest BCUT2D eigenvalue weighted by Crippen LogP contribution is 2.00. The van der Waals surface area contributed by atoms with Crippen molar-refractivity contribution in [3.8, 4) is 0 Å². The topological polar surface area (TPSA) is 52.6 Å². The molecule has 0 bridgehead atoms. The quantitative estimate of drug-likeness (QED) is 0.513. The predicted octanol–water partition coefficient (Wildman–Crippen LogP) is 2.00. The Kier molecular flexibility index (Phi) is 7.85. The van der Waals surface area contributed by atoms with Crippen molar-refractivity contribution < 1.29 is 19.1 Å². The molecule has 16 heavy (non-hydrogen) atoms. The van der Waals surface area contributed by atoms with Gasteiger partial charge in [-0.15, -0.1) is 0 Å². The molecule has 4 heteroatoms. The van der Waals surface area contributed by atoms with E-state index in [2.05, 4.69) is 0 Å². The van der Waals surface area contributed by atoms with Crippen LogP contribution < -0.4 is 0 Å². The van der Waals surface area contributed by atoms with Crippen LogP contribution in [0.2, 0.25) is 0 Å². The maximum absolute atomic E-state index is 10.7. The average Bonchev–Trinajstić information content (AvgIpc) is 2.20. The summed E-state index contributed by atoms with van der Waals surface area (Å²) in [5.74, 6) is -0.597. The second-order valence-electron chi connectivity index (χ2n) is 3.17. The zero-order valence-electron chi connectivity index (χ0n) is 9.93. The average molecular weight is 226 g/mol. The van der Waals surface area contributed by atoms with Gasteiger partial charge in [0.25, 0.3) is 0 Å². The highest BCUT2D eigenvalue weighted by Gasteiger charge is 2.03. The largest absolute Gasteiger partial charge is 0.462 e. The van der Waals surface area contributed by atoms with Gasteiger partial charge < -0.3 is 9.47 Å². The molecular weight excluding hydrogens is 208 g/mol. The SMILES string of the molecule is CCC(/C=C/C=C/COC(C)=O)OC(C)=O. The van der Waals surface area contributed by atoms with Gasteiger partial charge in [0.1, 0.15) is 12.7 Å². The number of carbonyl (C=O) groups excluding carboxylic acids is 2. The van der Waals surface area contributed by atoms with Gasteiger partial charge in [-0.3, -0.25) is 9.59 Å². The number of hydrogen-bond acceptors (Lipinski definition) is 4. The van der Waals surface area contributed by atoms with Crippen molar-refractivity contribution in [2.24, 2.45) is 0 Å². The van der Waals surface area contributed by atoms with Gasteiger partial charge in [-0.2, -0.15) is 0 Å². The Bertz CT molecular complexity index is 279. The fraction of sp³-hybridized carbons (Fsp3) is 0.500. The highest BCUT2D eigenvalue weighted by atomic mass is 16.5. The first kappa shape index (κ1) is 14.4. The fourth-order valence-corrected chi connectivity index (χ4v) is 0.960. The number of allylic oxidation sites excluding steroid dienone is 2. The molecule has 0 heterocycles. The molecule has 1 atom stereocenters. The van der Waals surface area contributed by atoms with Gasteiger partial charge in [0.15, 0.2) is 0 Å². The summed E-state index contributed by atoms with van der Waals surface area (Å²) in [4.78, 5) is 21.1. The molecule has 1 unspecified atom stereocenters. The molecule has 4 nitrogen and oxygen atoms in total. The van der Waals surface area contributed by atoms with E-state index in [0.717, 1.165) is 6.42 Å². The molecule has 90 valence electrons. The summed E-state index contributed by atoms with van der Waals surface area (Å²) < 4.78 is 9.69. The third-order valence-electron chi connectivity index (χ3n) is 1.68. The van der Waals surface area contributed by atoms with Crippen LogP contribution in [0.25, 0.3) is 0 Å². The van der Waals surface area contributed by atoms with E-state index in [-0.39, 0.29) is 24.6 Å². The third-order valence-corrected chi connectivity index (χ3v) is 1.68. The lowest BCUT2D eigenvalue weighted by Crippen LogP contribution is -2.11. The van der Waals surface area contributed by atoms with E-state index in [1.807, 2.05) is 6.92 Å². The molecule has 0 radical (unpaired) electrons. The van der Waals surface area contributed by atoms with Crippen molar-refractivity contribution in [2.45, 2.75) is 33.3 Å². The molecule has 0 amide bonds. The fourth-order valence-electron chi connectivity index (χ4n) is 0.960. The van der Waals surface area contributed by atoms with Gasteiger partial charge in [0.05, 0.1) is 0 Å². The molecule has 0 rings (SSSR count). The van der Waals surface area contributed by atoms with Crippen LogP contribution in [-0.4, -0.2) is 24.6 Å². The standard InChI is InChI=1S/C12H18O4/c1-4-12(16-11(3)14)8-6-5-7-9-15-10(2)13/h5-8,12H,4,9H2,1-3H3/b7-5+,8-6+. The molecule has 0 aromatic carbocycles. The van der Waals surface area contributed by atoms with Crippen LogP contribution in [0.3, 0.4) is 0 Å². The van der Waals surface area contributed by atoms with Crippen molar-refractivity contribution in [1.29, 1.82) is 0 Å². The maximum atomic E-state index is 10.7. The van der Waals surface area contributed by atoms with Crippen LogP contribution in [0, 0.1) is 0 Å². The van der Waals surface area contributed by atoms with Gasteiger partial charge in [0.2, 0.25) is 0 Å². The van der Waals surface area contributed by atoms with Crippen molar-refractivity contribution in [3.63, 3.8) is 0 Å². The Morgan fingerprint density at radius 1 is 1.19 bits per heavy atom. The second-order valence-corrected chi connectivity index (χ2v) is 3.17. The number of carbonyl (C=O) groups is 2. The molecular formula is C12H18O4. The molecule has 0 spiro atoms. The van der Waals surface area contributed by atoms with Crippen LogP contribution in [0.4, 0.5) is 0 Å². The summed E-state index contributed by atoms with van der Waals surface area (Å²) in [7, 11) is 0. The van der Waals surface area contributed by atoms with Crippen LogP contribution in [0.5, 0.6) is 0 Å². The summed E-state index contributed by atoms with van der Waals surface area (Å²) in [6, 6.07) is 0. The van der Waals surface area contributed by atoms with Crippen LogP contribution in [-0.2, 0) is 19.1 Å². The summed E-state index contributed by atoms with van der Waals surface area (Å²) >= 11 is 0. The van der Waals surface area contributed by atoms with Crippen molar-refractivity contribution in [2.75, 3.05) is 6.61 Å². The summed E-state index contributed by atoms with van der Waals surface area (Å²) in [6.07, 6.45) is 7.53. The summed E-state index contributed by atoms with van der Waals surface area (Å²) in [6.45, 7) is 4.93. The molecule has 0 saturated carbocycles. The Balaban J connectivity index is 3.87. The van der Waals surface area contributed by atoms with Crippen LogP contribution >= 0.6 is 0 Å². The van der Waals surface area contributed by atoms with Gasteiger partial charge in [-0.1, -0.05) is 19.1 Å². The number of esters is 2. The normalized spacial score (nSPS) is 12.9. The lowest BCUT2D eigenvalue weighted by Gasteiger charge is -2.09. The smallest absolute Gasteiger partial charge is 0.303 e. The van der Waals surface area contributed by atoms with Gasteiger partial charge in [-0.25, -0.2) is 0 Å². The van der Waals surface area contributed by atoms with E-state index in [9.17, 15) is 9.59 Å².